The van der Waals surface area contributed by atoms with E-state index in [9.17, 15) is 0 Å². The number of anilines is 2. The Morgan fingerprint density at radius 3 is 2.39 bits per heavy atom. The second-order valence-electron chi connectivity index (χ2n) is 6.26. The fourth-order valence-electron chi connectivity index (χ4n) is 2.57. The summed E-state index contributed by atoms with van der Waals surface area (Å²) < 4.78 is 0. The Labute approximate surface area is 142 Å². The Balaban J connectivity index is 1.80. The van der Waals surface area contributed by atoms with Gasteiger partial charge in [-0.3, -0.25) is 0 Å². The van der Waals surface area contributed by atoms with Crippen molar-refractivity contribution in [3.05, 3.63) is 64.5 Å². The fraction of sp³-hybridized carbons (Fsp3) is 0.250. The van der Waals surface area contributed by atoms with Gasteiger partial charge in [0.15, 0.2) is 5.13 Å². The first-order valence-electron chi connectivity index (χ1n) is 7.93. The summed E-state index contributed by atoms with van der Waals surface area (Å²) >= 11 is 1.64. The highest BCUT2D eigenvalue weighted by molar-refractivity contribution is 7.14. The monoisotopic (exact) mass is 322 g/mol. The quantitative estimate of drug-likeness (QED) is 0.610. The summed E-state index contributed by atoms with van der Waals surface area (Å²) in [5.74, 6) is 0.557. The number of benzene rings is 2. The predicted molar refractivity (Wildman–Crippen MR) is 101 cm³/mol. The second kappa shape index (κ2) is 6.55. The van der Waals surface area contributed by atoms with Gasteiger partial charge in [0.1, 0.15) is 0 Å². The molecule has 23 heavy (non-hydrogen) atoms. The van der Waals surface area contributed by atoms with Gasteiger partial charge < -0.3 is 5.32 Å². The Kier molecular flexibility index (Phi) is 4.49. The molecular formula is C20H22N2S. The summed E-state index contributed by atoms with van der Waals surface area (Å²) in [7, 11) is 0. The van der Waals surface area contributed by atoms with Crippen LogP contribution in [0.1, 0.15) is 36.5 Å². The molecule has 0 bridgehead atoms. The van der Waals surface area contributed by atoms with Crippen LogP contribution in [0.5, 0.6) is 0 Å². The minimum absolute atomic E-state index is 0.557. The minimum Gasteiger partial charge on any atom is -0.331 e. The molecule has 1 N–H and O–H groups in total. The lowest BCUT2D eigenvalue weighted by Crippen LogP contribution is -1.93. The molecule has 0 fully saturated rings. The average molecular weight is 322 g/mol. The Morgan fingerprint density at radius 2 is 1.74 bits per heavy atom. The molecule has 2 aromatic carbocycles. The summed E-state index contributed by atoms with van der Waals surface area (Å²) in [4.78, 5) is 4.72. The highest BCUT2D eigenvalue weighted by Crippen LogP contribution is 2.29. The molecule has 0 amide bonds. The van der Waals surface area contributed by atoms with Crippen LogP contribution in [-0.2, 0) is 0 Å². The maximum Gasteiger partial charge on any atom is 0.187 e. The van der Waals surface area contributed by atoms with E-state index < -0.39 is 0 Å². The van der Waals surface area contributed by atoms with Crippen LogP contribution in [0.15, 0.2) is 47.8 Å². The zero-order valence-electron chi connectivity index (χ0n) is 14.1. The topological polar surface area (TPSA) is 24.9 Å². The maximum atomic E-state index is 4.72. The van der Waals surface area contributed by atoms with E-state index in [2.05, 4.69) is 80.9 Å². The van der Waals surface area contributed by atoms with E-state index >= 15 is 0 Å². The predicted octanol–water partition coefficient (Wildman–Crippen LogP) is 6.29. The summed E-state index contributed by atoms with van der Waals surface area (Å²) in [6.45, 7) is 8.65. The number of hydrogen-bond donors (Lipinski definition) is 1. The Hall–Kier alpha value is -2.13. The van der Waals surface area contributed by atoms with Crippen molar-refractivity contribution in [2.75, 3.05) is 5.32 Å². The molecule has 0 saturated heterocycles. The molecule has 0 radical (unpaired) electrons. The van der Waals surface area contributed by atoms with Crippen LogP contribution in [0.2, 0.25) is 0 Å². The average Bonchev–Trinajstić information content (AvgIpc) is 2.99. The Morgan fingerprint density at radius 1 is 1.00 bits per heavy atom. The molecule has 0 aliphatic heterocycles. The van der Waals surface area contributed by atoms with E-state index in [0.717, 1.165) is 16.5 Å². The molecule has 3 aromatic rings. The van der Waals surface area contributed by atoms with Crippen molar-refractivity contribution < 1.29 is 0 Å². The largest absolute Gasteiger partial charge is 0.331 e. The van der Waals surface area contributed by atoms with Crippen molar-refractivity contribution in [3.8, 4) is 11.3 Å². The first kappa shape index (κ1) is 15.8. The maximum absolute atomic E-state index is 4.72. The van der Waals surface area contributed by atoms with Gasteiger partial charge in [-0.1, -0.05) is 55.8 Å². The van der Waals surface area contributed by atoms with Gasteiger partial charge in [0.2, 0.25) is 0 Å². The zero-order chi connectivity index (χ0) is 16.4. The normalized spacial score (nSPS) is 11.0. The molecule has 3 heteroatoms. The first-order chi connectivity index (χ1) is 11.0. The smallest absolute Gasteiger partial charge is 0.187 e. The van der Waals surface area contributed by atoms with E-state index in [4.69, 9.17) is 4.98 Å². The third-order valence-electron chi connectivity index (χ3n) is 4.00. The lowest BCUT2D eigenvalue weighted by Gasteiger charge is -2.07. The summed E-state index contributed by atoms with van der Waals surface area (Å²) in [6, 6.07) is 15.1. The van der Waals surface area contributed by atoms with Gasteiger partial charge in [-0.25, -0.2) is 4.98 Å². The first-order valence-corrected chi connectivity index (χ1v) is 8.81. The van der Waals surface area contributed by atoms with Gasteiger partial charge in [-0.15, -0.1) is 11.3 Å². The van der Waals surface area contributed by atoms with Gasteiger partial charge >= 0.3 is 0 Å². The van der Waals surface area contributed by atoms with E-state index in [-0.39, 0.29) is 0 Å². The standard InChI is InChI=1S/C20H22N2S/c1-13(2)16-6-8-17(9-7-16)19-12-23-20(22-19)21-18-10-5-14(3)11-15(18)4/h5-13H,1-4H3,(H,21,22). The van der Waals surface area contributed by atoms with Crippen LogP contribution in [0, 0.1) is 13.8 Å². The molecule has 0 spiro atoms. The second-order valence-corrected chi connectivity index (χ2v) is 7.12. The summed E-state index contributed by atoms with van der Waals surface area (Å²) in [5, 5.41) is 6.46. The molecule has 2 nitrogen and oxygen atoms in total. The van der Waals surface area contributed by atoms with E-state index in [0.29, 0.717) is 5.92 Å². The number of aromatic nitrogens is 1. The third kappa shape index (κ3) is 3.62. The van der Waals surface area contributed by atoms with E-state index in [1.807, 2.05) is 0 Å². The lowest BCUT2D eigenvalue weighted by atomic mass is 10.0. The molecule has 0 unspecified atom stereocenters. The van der Waals surface area contributed by atoms with Gasteiger partial charge in [0.25, 0.3) is 0 Å². The molecule has 1 aromatic heterocycles. The van der Waals surface area contributed by atoms with Crippen molar-refractivity contribution >= 4 is 22.2 Å². The van der Waals surface area contributed by atoms with Crippen LogP contribution >= 0.6 is 11.3 Å². The number of aryl methyl sites for hydroxylation is 2. The number of hydrogen-bond acceptors (Lipinski definition) is 3. The van der Waals surface area contributed by atoms with E-state index in [1.165, 1.54) is 22.3 Å². The molecule has 118 valence electrons. The number of nitrogens with zero attached hydrogens (tertiary/aromatic N) is 1. The summed E-state index contributed by atoms with van der Waals surface area (Å²) in [6.07, 6.45) is 0. The molecule has 1 heterocycles. The van der Waals surface area contributed by atoms with Crippen molar-refractivity contribution in [2.24, 2.45) is 0 Å². The van der Waals surface area contributed by atoms with Crippen LogP contribution in [0.25, 0.3) is 11.3 Å². The van der Waals surface area contributed by atoms with Crippen molar-refractivity contribution in [1.29, 1.82) is 0 Å². The SMILES string of the molecule is Cc1ccc(Nc2nc(-c3ccc(C(C)C)cc3)cs2)c(C)c1. The fourth-order valence-corrected chi connectivity index (χ4v) is 3.30. The van der Waals surface area contributed by atoms with Crippen molar-refractivity contribution in [1.82, 2.24) is 4.98 Å². The molecule has 0 atom stereocenters. The minimum atomic E-state index is 0.557. The van der Waals surface area contributed by atoms with Crippen molar-refractivity contribution in [2.45, 2.75) is 33.6 Å². The highest BCUT2D eigenvalue weighted by atomic mass is 32.1. The summed E-state index contributed by atoms with van der Waals surface area (Å²) in [5.41, 5.74) is 7.18. The van der Waals surface area contributed by atoms with E-state index in [1.54, 1.807) is 11.3 Å². The zero-order valence-corrected chi connectivity index (χ0v) is 14.9. The third-order valence-corrected chi connectivity index (χ3v) is 4.76. The van der Waals surface area contributed by atoms with Crippen LogP contribution < -0.4 is 5.32 Å². The lowest BCUT2D eigenvalue weighted by molar-refractivity contribution is 0.867. The van der Waals surface area contributed by atoms with Crippen LogP contribution in [-0.4, -0.2) is 4.98 Å². The number of thiazole rings is 1. The van der Waals surface area contributed by atoms with Crippen molar-refractivity contribution in [3.63, 3.8) is 0 Å². The molecule has 3 rings (SSSR count). The Bertz CT molecular complexity index is 801. The van der Waals surface area contributed by atoms with Gasteiger partial charge in [0.05, 0.1) is 5.69 Å². The van der Waals surface area contributed by atoms with Crippen LogP contribution in [0.3, 0.4) is 0 Å². The molecular weight excluding hydrogens is 300 g/mol. The van der Waals surface area contributed by atoms with Crippen LogP contribution in [0.4, 0.5) is 10.8 Å². The highest BCUT2D eigenvalue weighted by Gasteiger charge is 2.07. The van der Waals surface area contributed by atoms with Gasteiger partial charge in [0, 0.05) is 16.6 Å². The molecule has 0 saturated carbocycles. The van der Waals surface area contributed by atoms with Gasteiger partial charge in [-0.2, -0.15) is 0 Å². The number of nitrogens with one attached hydrogen (secondary N) is 1. The molecule has 0 aliphatic carbocycles. The molecule has 0 aliphatic rings. The van der Waals surface area contributed by atoms with Gasteiger partial charge in [-0.05, 0) is 37.0 Å². The number of rotatable bonds is 4.